The zero-order valence-corrected chi connectivity index (χ0v) is 18.6. The minimum Gasteiger partial charge on any atom is -0.390 e. The fourth-order valence-electron chi connectivity index (χ4n) is 4.06. The van der Waals surface area contributed by atoms with E-state index in [9.17, 15) is 9.90 Å². The number of hydrogen-bond donors (Lipinski definition) is 3. The van der Waals surface area contributed by atoms with E-state index in [-0.39, 0.29) is 23.5 Å². The lowest BCUT2D eigenvalue weighted by atomic mass is 9.97. The van der Waals surface area contributed by atoms with Crippen LogP contribution in [-0.2, 0) is 11.2 Å². The third kappa shape index (κ3) is 8.85. The van der Waals surface area contributed by atoms with Crippen LogP contribution in [0, 0.1) is 0 Å². The summed E-state index contributed by atoms with van der Waals surface area (Å²) in [6.07, 6.45) is 7.76. The topological polar surface area (TPSA) is 78.6 Å². The van der Waals surface area contributed by atoms with Crippen molar-refractivity contribution in [1.82, 2.24) is 10.2 Å². The molecule has 0 aliphatic carbocycles. The standard InChI is InChI=1S/C24H41N3O2/c1-24(2,3)26-23(29)21-15-11-6-4-5-7-12-16-27(21)18-22(28)20(25)17-19-13-9-8-10-14-19/h8-10,13-14,20-22,28H,4-7,11-12,15-18,25H2,1-3H3,(H,26,29). The second-order valence-corrected chi connectivity index (χ2v) is 9.58. The number of amides is 1. The molecule has 0 bridgehead atoms. The number of β-amino-alcohol motifs (C(OH)–C–C–N with tert-alkyl or cyclic N) is 1. The van der Waals surface area contributed by atoms with E-state index in [0.29, 0.717) is 13.0 Å². The van der Waals surface area contributed by atoms with Crippen molar-refractivity contribution in [1.29, 1.82) is 0 Å². The van der Waals surface area contributed by atoms with Gasteiger partial charge in [0.25, 0.3) is 0 Å². The fourth-order valence-corrected chi connectivity index (χ4v) is 4.06. The Labute approximate surface area is 177 Å². The number of carbonyl (C=O) groups excluding carboxylic acids is 1. The lowest BCUT2D eigenvalue weighted by Crippen LogP contribution is -2.55. The van der Waals surface area contributed by atoms with Crippen LogP contribution in [0.2, 0.25) is 0 Å². The highest BCUT2D eigenvalue weighted by Gasteiger charge is 2.30. The molecule has 29 heavy (non-hydrogen) atoms. The van der Waals surface area contributed by atoms with E-state index in [4.69, 9.17) is 5.73 Å². The summed E-state index contributed by atoms with van der Waals surface area (Å²) < 4.78 is 0. The summed E-state index contributed by atoms with van der Waals surface area (Å²) in [6.45, 7) is 7.31. The molecule has 1 aromatic carbocycles. The van der Waals surface area contributed by atoms with Gasteiger partial charge < -0.3 is 16.2 Å². The summed E-state index contributed by atoms with van der Waals surface area (Å²) in [4.78, 5) is 15.2. The van der Waals surface area contributed by atoms with Crippen LogP contribution in [0.4, 0.5) is 0 Å². The Morgan fingerprint density at radius 3 is 2.41 bits per heavy atom. The van der Waals surface area contributed by atoms with Gasteiger partial charge in [0, 0.05) is 18.1 Å². The molecule has 0 radical (unpaired) electrons. The Kier molecular flexibility index (Phi) is 9.60. The van der Waals surface area contributed by atoms with Crippen molar-refractivity contribution < 1.29 is 9.90 Å². The third-order valence-electron chi connectivity index (χ3n) is 5.64. The number of aliphatic hydroxyl groups excluding tert-OH is 1. The molecular weight excluding hydrogens is 362 g/mol. The number of benzene rings is 1. The average Bonchev–Trinajstić information content (AvgIpc) is 2.65. The number of aliphatic hydroxyl groups is 1. The summed E-state index contributed by atoms with van der Waals surface area (Å²) in [5, 5.41) is 14.0. The van der Waals surface area contributed by atoms with Crippen molar-refractivity contribution in [2.75, 3.05) is 13.1 Å². The average molecular weight is 404 g/mol. The van der Waals surface area contributed by atoms with Crippen LogP contribution in [0.15, 0.2) is 30.3 Å². The molecule has 164 valence electrons. The summed E-state index contributed by atoms with van der Waals surface area (Å²) in [6, 6.07) is 9.49. The van der Waals surface area contributed by atoms with E-state index >= 15 is 0 Å². The highest BCUT2D eigenvalue weighted by molar-refractivity contribution is 5.82. The molecule has 3 atom stereocenters. The maximum Gasteiger partial charge on any atom is 0.237 e. The molecule has 1 aliphatic heterocycles. The van der Waals surface area contributed by atoms with Crippen LogP contribution in [0.3, 0.4) is 0 Å². The Morgan fingerprint density at radius 2 is 1.76 bits per heavy atom. The highest BCUT2D eigenvalue weighted by Crippen LogP contribution is 2.19. The van der Waals surface area contributed by atoms with Crippen molar-refractivity contribution in [3.63, 3.8) is 0 Å². The number of nitrogens with one attached hydrogen (secondary N) is 1. The van der Waals surface area contributed by atoms with Crippen LogP contribution in [-0.4, -0.2) is 52.7 Å². The zero-order chi connectivity index (χ0) is 21.3. The smallest absolute Gasteiger partial charge is 0.237 e. The van der Waals surface area contributed by atoms with E-state index in [1.807, 2.05) is 51.1 Å². The van der Waals surface area contributed by atoms with E-state index in [1.165, 1.54) is 25.7 Å². The molecule has 5 nitrogen and oxygen atoms in total. The molecule has 3 unspecified atom stereocenters. The van der Waals surface area contributed by atoms with Gasteiger partial charge in [-0.25, -0.2) is 0 Å². The van der Waals surface area contributed by atoms with E-state index in [0.717, 1.165) is 31.4 Å². The molecule has 5 heteroatoms. The number of rotatable bonds is 6. The van der Waals surface area contributed by atoms with Crippen LogP contribution in [0.5, 0.6) is 0 Å². The Bertz CT molecular complexity index is 600. The molecule has 1 aliphatic rings. The Morgan fingerprint density at radius 1 is 1.14 bits per heavy atom. The molecule has 1 fully saturated rings. The Balaban J connectivity index is 2.07. The molecule has 1 aromatic rings. The van der Waals surface area contributed by atoms with Gasteiger partial charge in [-0.3, -0.25) is 9.69 Å². The normalized spacial score (nSPS) is 21.9. The second-order valence-electron chi connectivity index (χ2n) is 9.58. The van der Waals surface area contributed by atoms with Gasteiger partial charge in [-0.1, -0.05) is 62.4 Å². The van der Waals surface area contributed by atoms with Crippen LogP contribution < -0.4 is 11.1 Å². The van der Waals surface area contributed by atoms with Crippen molar-refractivity contribution >= 4 is 5.91 Å². The van der Waals surface area contributed by atoms with Crippen LogP contribution in [0.25, 0.3) is 0 Å². The van der Waals surface area contributed by atoms with Gasteiger partial charge in [-0.2, -0.15) is 0 Å². The maximum atomic E-state index is 13.1. The summed E-state index contributed by atoms with van der Waals surface area (Å²) in [7, 11) is 0. The van der Waals surface area contributed by atoms with Crippen molar-refractivity contribution in [3.8, 4) is 0 Å². The van der Waals surface area contributed by atoms with Crippen molar-refractivity contribution in [2.45, 2.75) is 95.9 Å². The number of nitrogens with two attached hydrogens (primary N) is 1. The number of carbonyl (C=O) groups is 1. The zero-order valence-electron chi connectivity index (χ0n) is 18.6. The van der Waals surface area contributed by atoms with Gasteiger partial charge in [-0.15, -0.1) is 0 Å². The van der Waals surface area contributed by atoms with Gasteiger partial charge in [-0.05, 0) is 52.1 Å². The minimum atomic E-state index is -0.664. The molecule has 0 spiro atoms. The molecule has 0 aromatic heterocycles. The second kappa shape index (κ2) is 11.7. The van der Waals surface area contributed by atoms with Crippen LogP contribution >= 0.6 is 0 Å². The van der Waals surface area contributed by atoms with Crippen molar-refractivity contribution in [2.24, 2.45) is 5.73 Å². The predicted octanol–water partition coefficient (Wildman–Crippen LogP) is 3.25. The van der Waals surface area contributed by atoms with Gasteiger partial charge in [0.15, 0.2) is 0 Å². The molecule has 0 saturated carbocycles. The quantitative estimate of drug-likeness (QED) is 0.681. The number of nitrogens with zero attached hydrogens (tertiary/aromatic N) is 1. The lowest BCUT2D eigenvalue weighted by molar-refractivity contribution is -0.129. The molecule has 1 heterocycles. The minimum absolute atomic E-state index is 0.0712. The largest absolute Gasteiger partial charge is 0.390 e. The van der Waals surface area contributed by atoms with Gasteiger partial charge in [0.2, 0.25) is 5.91 Å². The third-order valence-corrected chi connectivity index (χ3v) is 5.64. The molecule has 1 saturated heterocycles. The van der Waals surface area contributed by atoms with Gasteiger partial charge >= 0.3 is 0 Å². The summed E-state index contributed by atoms with van der Waals surface area (Å²) >= 11 is 0. The predicted molar refractivity (Wildman–Crippen MR) is 120 cm³/mol. The van der Waals surface area contributed by atoms with E-state index in [2.05, 4.69) is 10.2 Å². The van der Waals surface area contributed by atoms with E-state index < -0.39 is 6.10 Å². The van der Waals surface area contributed by atoms with Gasteiger partial charge in [0.05, 0.1) is 12.1 Å². The molecular formula is C24H41N3O2. The number of hydrogen-bond acceptors (Lipinski definition) is 4. The first-order chi connectivity index (χ1) is 13.8. The van der Waals surface area contributed by atoms with E-state index in [1.54, 1.807) is 0 Å². The SMILES string of the molecule is CC(C)(C)NC(=O)C1CCCCCCCCN1CC(O)C(N)Cc1ccccc1. The highest BCUT2D eigenvalue weighted by atomic mass is 16.3. The molecule has 4 N–H and O–H groups in total. The monoisotopic (exact) mass is 403 g/mol. The first kappa shape index (κ1) is 23.8. The lowest BCUT2D eigenvalue weighted by Gasteiger charge is -2.36. The summed E-state index contributed by atoms with van der Waals surface area (Å²) in [5.74, 6) is 0.0712. The molecule has 2 rings (SSSR count). The molecule has 1 amide bonds. The van der Waals surface area contributed by atoms with Gasteiger partial charge in [0.1, 0.15) is 0 Å². The van der Waals surface area contributed by atoms with Crippen molar-refractivity contribution in [3.05, 3.63) is 35.9 Å². The summed E-state index contributed by atoms with van der Waals surface area (Å²) in [5.41, 5.74) is 7.20. The maximum absolute atomic E-state index is 13.1. The Hall–Kier alpha value is -1.43. The first-order valence-electron chi connectivity index (χ1n) is 11.3. The van der Waals surface area contributed by atoms with Crippen LogP contribution in [0.1, 0.15) is 71.3 Å². The first-order valence-corrected chi connectivity index (χ1v) is 11.3. The fraction of sp³-hybridized carbons (Fsp3) is 0.708.